The smallest absolute Gasteiger partial charge is 0.150 e. The molecule has 1 fully saturated rings. The molecule has 1 unspecified atom stereocenters. The van der Waals surface area contributed by atoms with Crippen LogP contribution in [-0.2, 0) is 9.84 Å². The number of hydrogen-bond acceptors (Lipinski definition) is 4. The van der Waals surface area contributed by atoms with E-state index in [1.54, 1.807) is 12.3 Å². The maximum atomic E-state index is 13.4. The second-order valence-corrected chi connectivity index (χ2v) is 7.70. The first kappa shape index (κ1) is 14.2. The summed E-state index contributed by atoms with van der Waals surface area (Å²) in [5.74, 6) is -0.0895. The second kappa shape index (κ2) is 5.22. The van der Waals surface area contributed by atoms with Crippen molar-refractivity contribution in [2.24, 2.45) is 0 Å². The Morgan fingerprint density at radius 2 is 2.19 bits per heavy atom. The van der Waals surface area contributed by atoms with Crippen LogP contribution in [0.3, 0.4) is 0 Å². The Morgan fingerprint density at radius 1 is 1.38 bits per heavy atom. The molecular weight excluding hydrogens is 293 g/mol. The third-order valence-electron chi connectivity index (χ3n) is 3.81. The molecule has 1 atom stereocenters. The van der Waals surface area contributed by atoms with E-state index in [-0.39, 0.29) is 23.2 Å². The monoisotopic (exact) mass is 309 g/mol. The molecule has 0 saturated carbocycles. The summed E-state index contributed by atoms with van der Waals surface area (Å²) in [5.41, 5.74) is 2.15. The largest absolute Gasteiger partial charge is 0.229 e. The van der Waals surface area contributed by atoms with Crippen molar-refractivity contribution in [3.05, 3.63) is 41.5 Å². The molecule has 1 aromatic heterocycles. The quantitative estimate of drug-likeness (QED) is 0.851. The van der Waals surface area contributed by atoms with Gasteiger partial charge in [-0.1, -0.05) is 11.3 Å². The Morgan fingerprint density at radius 3 is 2.95 bits per heavy atom. The topological polar surface area (TPSA) is 64.8 Å². The minimum absolute atomic E-state index is 0.119. The third-order valence-corrected chi connectivity index (χ3v) is 5.63. The second-order valence-electron chi connectivity index (χ2n) is 5.47. The lowest BCUT2D eigenvalue weighted by atomic mass is 10.0. The van der Waals surface area contributed by atoms with Gasteiger partial charge in [0.05, 0.1) is 29.1 Å². The molecule has 0 aliphatic carbocycles. The minimum atomic E-state index is -2.99. The molecule has 0 amide bonds. The van der Waals surface area contributed by atoms with Gasteiger partial charge in [0.2, 0.25) is 0 Å². The Hall–Kier alpha value is -1.76. The van der Waals surface area contributed by atoms with Crippen LogP contribution >= 0.6 is 0 Å². The van der Waals surface area contributed by atoms with Gasteiger partial charge in [0.15, 0.2) is 9.84 Å². The van der Waals surface area contributed by atoms with Crippen LogP contribution in [0.2, 0.25) is 0 Å². The standard InChI is InChI=1S/C14H16FN3O2S/c1-10-4-5-12(15)7-14(10)18-8-13(16-17-18)11-3-2-6-21(19,20)9-11/h4-5,7-8,11H,2-3,6,9H2,1H3. The van der Waals surface area contributed by atoms with Crippen molar-refractivity contribution in [3.63, 3.8) is 0 Å². The summed E-state index contributed by atoms with van der Waals surface area (Å²) < 4.78 is 38.3. The molecule has 1 saturated heterocycles. The average Bonchev–Trinajstić information content (AvgIpc) is 2.90. The molecule has 112 valence electrons. The summed E-state index contributed by atoms with van der Waals surface area (Å²) in [4.78, 5) is 0. The fourth-order valence-corrected chi connectivity index (χ4v) is 4.39. The van der Waals surface area contributed by atoms with Gasteiger partial charge in [-0.25, -0.2) is 17.5 Å². The van der Waals surface area contributed by atoms with Gasteiger partial charge in [-0.05, 0) is 37.5 Å². The van der Waals surface area contributed by atoms with Crippen LogP contribution in [0.15, 0.2) is 24.4 Å². The SMILES string of the molecule is Cc1ccc(F)cc1-n1cc(C2CCCS(=O)(=O)C2)nn1. The van der Waals surface area contributed by atoms with Crippen molar-refractivity contribution >= 4 is 9.84 Å². The zero-order valence-corrected chi connectivity index (χ0v) is 12.5. The lowest BCUT2D eigenvalue weighted by molar-refractivity contribution is 0.549. The van der Waals surface area contributed by atoms with Gasteiger partial charge in [-0.3, -0.25) is 0 Å². The molecule has 3 rings (SSSR count). The van der Waals surface area contributed by atoms with Crippen molar-refractivity contribution in [3.8, 4) is 5.69 Å². The normalized spacial score (nSPS) is 21.3. The third kappa shape index (κ3) is 2.97. The summed E-state index contributed by atoms with van der Waals surface area (Å²) in [6.07, 6.45) is 3.15. The van der Waals surface area contributed by atoms with E-state index in [1.165, 1.54) is 16.8 Å². The number of rotatable bonds is 2. The molecule has 5 nitrogen and oxygen atoms in total. The van der Waals surface area contributed by atoms with Crippen molar-refractivity contribution in [2.45, 2.75) is 25.7 Å². The molecule has 0 bridgehead atoms. The Bertz CT molecular complexity index is 770. The molecule has 1 aromatic carbocycles. The van der Waals surface area contributed by atoms with Crippen LogP contribution in [0.25, 0.3) is 5.69 Å². The molecular formula is C14H16FN3O2S. The summed E-state index contributed by atoms with van der Waals surface area (Å²) in [7, 11) is -2.99. The first-order valence-corrected chi connectivity index (χ1v) is 8.66. The first-order chi connectivity index (χ1) is 9.94. The highest BCUT2D eigenvalue weighted by Crippen LogP contribution is 2.27. The summed E-state index contributed by atoms with van der Waals surface area (Å²) in [6.45, 7) is 1.86. The summed E-state index contributed by atoms with van der Waals surface area (Å²) >= 11 is 0. The van der Waals surface area contributed by atoms with E-state index in [4.69, 9.17) is 0 Å². The van der Waals surface area contributed by atoms with E-state index in [1.807, 2.05) is 6.92 Å². The van der Waals surface area contributed by atoms with Crippen molar-refractivity contribution < 1.29 is 12.8 Å². The number of sulfone groups is 1. The van der Waals surface area contributed by atoms with E-state index in [0.29, 0.717) is 17.8 Å². The molecule has 2 heterocycles. The fourth-order valence-electron chi connectivity index (χ4n) is 2.67. The molecule has 0 N–H and O–H groups in total. The molecule has 0 radical (unpaired) electrons. The van der Waals surface area contributed by atoms with E-state index < -0.39 is 9.84 Å². The van der Waals surface area contributed by atoms with Gasteiger partial charge < -0.3 is 0 Å². The highest BCUT2D eigenvalue weighted by Gasteiger charge is 2.28. The van der Waals surface area contributed by atoms with Gasteiger partial charge in [-0.15, -0.1) is 5.10 Å². The summed E-state index contributed by atoms with van der Waals surface area (Å²) in [5, 5.41) is 8.10. The minimum Gasteiger partial charge on any atom is -0.229 e. The van der Waals surface area contributed by atoms with Crippen LogP contribution in [0.5, 0.6) is 0 Å². The van der Waals surface area contributed by atoms with Gasteiger partial charge >= 0.3 is 0 Å². The van der Waals surface area contributed by atoms with Crippen molar-refractivity contribution in [1.29, 1.82) is 0 Å². The zero-order chi connectivity index (χ0) is 15.0. The Labute approximate surface area is 122 Å². The zero-order valence-electron chi connectivity index (χ0n) is 11.7. The average molecular weight is 309 g/mol. The number of hydrogen-bond donors (Lipinski definition) is 0. The number of aromatic nitrogens is 3. The van der Waals surface area contributed by atoms with E-state index in [9.17, 15) is 12.8 Å². The van der Waals surface area contributed by atoms with Crippen LogP contribution in [0, 0.1) is 12.7 Å². The lowest BCUT2D eigenvalue weighted by Gasteiger charge is -2.19. The van der Waals surface area contributed by atoms with Crippen molar-refractivity contribution in [1.82, 2.24) is 15.0 Å². The number of benzene rings is 1. The Balaban J connectivity index is 1.91. The number of nitrogens with zero attached hydrogens (tertiary/aromatic N) is 3. The van der Waals surface area contributed by atoms with Gasteiger partial charge in [0.25, 0.3) is 0 Å². The highest BCUT2D eigenvalue weighted by molar-refractivity contribution is 7.91. The maximum absolute atomic E-state index is 13.4. The predicted molar refractivity (Wildman–Crippen MR) is 76.7 cm³/mol. The molecule has 21 heavy (non-hydrogen) atoms. The number of halogens is 1. The van der Waals surface area contributed by atoms with E-state index >= 15 is 0 Å². The molecule has 1 aliphatic heterocycles. The molecule has 2 aromatic rings. The van der Waals surface area contributed by atoms with Gasteiger partial charge in [0.1, 0.15) is 5.82 Å². The van der Waals surface area contributed by atoms with Crippen molar-refractivity contribution in [2.75, 3.05) is 11.5 Å². The van der Waals surface area contributed by atoms with Gasteiger partial charge in [-0.2, -0.15) is 0 Å². The van der Waals surface area contributed by atoms with Crippen LogP contribution in [0.4, 0.5) is 4.39 Å². The predicted octanol–water partition coefficient (Wildman–Crippen LogP) is 2.01. The van der Waals surface area contributed by atoms with Gasteiger partial charge in [0, 0.05) is 5.92 Å². The van der Waals surface area contributed by atoms with E-state index in [0.717, 1.165) is 12.0 Å². The van der Waals surface area contributed by atoms with Crippen LogP contribution in [-0.4, -0.2) is 34.9 Å². The van der Waals surface area contributed by atoms with E-state index in [2.05, 4.69) is 10.3 Å². The Kier molecular flexibility index (Phi) is 3.52. The number of aryl methyl sites for hydroxylation is 1. The van der Waals surface area contributed by atoms with Crippen LogP contribution < -0.4 is 0 Å². The maximum Gasteiger partial charge on any atom is 0.150 e. The van der Waals surface area contributed by atoms with Crippen LogP contribution in [0.1, 0.15) is 30.0 Å². The molecule has 0 spiro atoms. The highest BCUT2D eigenvalue weighted by atomic mass is 32.2. The molecule has 7 heteroatoms. The summed E-state index contributed by atoms with van der Waals surface area (Å²) in [6, 6.07) is 4.47. The lowest BCUT2D eigenvalue weighted by Crippen LogP contribution is -2.23. The fraction of sp³-hybridized carbons (Fsp3) is 0.429. The molecule has 1 aliphatic rings. The first-order valence-electron chi connectivity index (χ1n) is 6.84.